The predicted molar refractivity (Wildman–Crippen MR) is 61.9 cm³/mol. The summed E-state index contributed by atoms with van der Waals surface area (Å²) in [7, 11) is 1.74. The lowest BCUT2D eigenvalue weighted by molar-refractivity contribution is -0.133. The van der Waals surface area contributed by atoms with Crippen LogP contribution in [0.5, 0.6) is 0 Å². The molecule has 5 heteroatoms. The molecular formula is C12H15N3O2. The van der Waals surface area contributed by atoms with Crippen LogP contribution in [0.3, 0.4) is 0 Å². The number of rotatable bonds is 3. The van der Waals surface area contributed by atoms with Crippen LogP contribution in [-0.2, 0) is 16.1 Å². The maximum atomic E-state index is 12.0. The van der Waals surface area contributed by atoms with E-state index in [9.17, 15) is 9.59 Å². The summed E-state index contributed by atoms with van der Waals surface area (Å²) in [5.74, 6) is -0.0756. The van der Waals surface area contributed by atoms with Crippen molar-refractivity contribution in [2.24, 2.45) is 0 Å². The topological polar surface area (TPSA) is 62.3 Å². The second kappa shape index (κ2) is 4.95. The quantitative estimate of drug-likeness (QED) is 0.817. The Labute approximate surface area is 99.8 Å². The first kappa shape index (κ1) is 11.6. The molecule has 2 amide bonds. The molecule has 0 radical (unpaired) electrons. The molecule has 17 heavy (non-hydrogen) atoms. The molecule has 1 N–H and O–H groups in total. The summed E-state index contributed by atoms with van der Waals surface area (Å²) < 4.78 is 0. The molecule has 90 valence electrons. The minimum Gasteiger partial charge on any atom is -0.344 e. The fraction of sp³-hybridized carbons (Fsp3) is 0.417. The van der Waals surface area contributed by atoms with Crippen molar-refractivity contribution in [1.29, 1.82) is 0 Å². The van der Waals surface area contributed by atoms with Gasteiger partial charge in [-0.1, -0.05) is 0 Å². The van der Waals surface area contributed by atoms with Crippen molar-refractivity contribution in [3.63, 3.8) is 0 Å². The van der Waals surface area contributed by atoms with Gasteiger partial charge in [-0.2, -0.15) is 0 Å². The van der Waals surface area contributed by atoms with E-state index in [1.54, 1.807) is 24.3 Å². The lowest BCUT2D eigenvalue weighted by Crippen LogP contribution is -2.42. The molecule has 1 unspecified atom stereocenters. The maximum absolute atomic E-state index is 12.0. The predicted octanol–water partition coefficient (Wildman–Crippen LogP) is 0.319. The third kappa shape index (κ3) is 2.81. The van der Waals surface area contributed by atoms with Crippen molar-refractivity contribution in [1.82, 2.24) is 15.2 Å². The Hall–Kier alpha value is -1.91. The molecule has 1 aromatic rings. The molecule has 1 aliphatic heterocycles. The zero-order chi connectivity index (χ0) is 12.3. The largest absolute Gasteiger partial charge is 0.344 e. The highest BCUT2D eigenvalue weighted by molar-refractivity contribution is 5.90. The summed E-state index contributed by atoms with van der Waals surface area (Å²) in [5.41, 5.74) is 1.03. The molecule has 0 bridgehead atoms. The van der Waals surface area contributed by atoms with Gasteiger partial charge in [-0.25, -0.2) is 0 Å². The van der Waals surface area contributed by atoms with Gasteiger partial charge in [0.2, 0.25) is 11.8 Å². The molecule has 0 aromatic carbocycles. The molecule has 0 spiro atoms. The summed E-state index contributed by atoms with van der Waals surface area (Å²) in [6.07, 6.45) is 4.44. The average Bonchev–Trinajstić information content (AvgIpc) is 2.76. The van der Waals surface area contributed by atoms with Gasteiger partial charge in [-0.05, 0) is 24.1 Å². The van der Waals surface area contributed by atoms with Crippen LogP contribution in [0.1, 0.15) is 18.4 Å². The highest BCUT2D eigenvalue weighted by Gasteiger charge is 2.29. The molecule has 1 atom stereocenters. The minimum absolute atomic E-state index is 0.0346. The first-order valence-electron chi connectivity index (χ1n) is 5.60. The molecule has 1 saturated heterocycles. The molecule has 1 aromatic heterocycles. The van der Waals surface area contributed by atoms with Crippen molar-refractivity contribution >= 4 is 11.8 Å². The highest BCUT2D eigenvalue weighted by Crippen LogP contribution is 2.11. The van der Waals surface area contributed by atoms with Gasteiger partial charge in [0.05, 0.1) is 0 Å². The van der Waals surface area contributed by atoms with Crippen molar-refractivity contribution < 1.29 is 9.59 Å². The van der Waals surface area contributed by atoms with Crippen molar-refractivity contribution in [2.45, 2.75) is 25.4 Å². The number of likely N-dealkylation sites (N-methyl/N-ethyl adjacent to an activating group) is 1. The standard InChI is InChI=1S/C12H15N3O2/c1-15(8-9-4-6-13-7-5-9)12(17)10-2-3-11(16)14-10/h4-7,10H,2-3,8H2,1H3,(H,14,16). The SMILES string of the molecule is CN(Cc1ccncc1)C(=O)C1CCC(=O)N1. The molecule has 2 heterocycles. The van der Waals surface area contributed by atoms with E-state index in [0.29, 0.717) is 19.4 Å². The fourth-order valence-electron chi connectivity index (χ4n) is 1.91. The molecule has 0 saturated carbocycles. The number of pyridine rings is 1. The molecule has 5 nitrogen and oxygen atoms in total. The monoisotopic (exact) mass is 233 g/mol. The summed E-state index contributed by atoms with van der Waals surface area (Å²) >= 11 is 0. The number of hydrogen-bond acceptors (Lipinski definition) is 3. The fourth-order valence-corrected chi connectivity index (χ4v) is 1.91. The first-order chi connectivity index (χ1) is 8.16. The van der Waals surface area contributed by atoms with E-state index >= 15 is 0 Å². The summed E-state index contributed by atoms with van der Waals surface area (Å²) in [4.78, 5) is 28.6. The number of nitrogens with zero attached hydrogens (tertiary/aromatic N) is 2. The smallest absolute Gasteiger partial charge is 0.245 e. The molecule has 1 fully saturated rings. The summed E-state index contributed by atoms with van der Waals surface area (Å²) in [6, 6.07) is 3.39. The lowest BCUT2D eigenvalue weighted by atomic mass is 10.2. The summed E-state index contributed by atoms with van der Waals surface area (Å²) in [6.45, 7) is 0.535. The van der Waals surface area contributed by atoms with E-state index in [1.807, 2.05) is 12.1 Å². The minimum atomic E-state index is -0.352. The molecule has 0 aliphatic carbocycles. The second-order valence-corrected chi connectivity index (χ2v) is 4.21. The van der Waals surface area contributed by atoms with Gasteiger partial charge in [0.1, 0.15) is 6.04 Å². The van der Waals surface area contributed by atoms with Crippen molar-refractivity contribution in [2.75, 3.05) is 7.05 Å². The number of carbonyl (C=O) groups is 2. The van der Waals surface area contributed by atoms with Crippen LogP contribution in [-0.4, -0.2) is 34.8 Å². The third-order valence-corrected chi connectivity index (χ3v) is 2.84. The Kier molecular flexibility index (Phi) is 3.37. The van der Waals surface area contributed by atoms with Gasteiger partial charge >= 0.3 is 0 Å². The van der Waals surface area contributed by atoms with E-state index in [1.165, 1.54) is 0 Å². The molecule has 2 rings (SSSR count). The van der Waals surface area contributed by atoms with Gasteiger partial charge in [-0.15, -0.1) is 0 Å². The lowest BCUT2D eigenvalue weighted by Gasteiger charge is -2.20. The molecular weight excluding hydrogens is 218 g/mol. The maximum Gasteiger partial charge on any atom is 0.245 e. The zero-order valence-corrected chi connectivity index (χ0v) is 9.72. The number of carbonyl (C=O) groups excluding carboxylic acids is 2. The van der Waals surface area contributed by atoms with E-state index in [-0.39, 0.29) is 17.9 Å². The zero-order valence-electron chi connectivity index (χ0n) is 9.72. The van der Waals surface area contributed by atoms with Crippen molar-refractivity contribution in [3.8, 4) is 0 Å². The van der Waals surface area contributed by atoms with Gasteiger partial charge in [0.15, 0.2) is 0 Å². The number of nitrogens with one attached hydrogen (secondary N) is 1. The first-order valence-corrected chi connectivity index (χ1v) is 5.60. The van der Waals surface area contributed by atoms with Crippen LogP contribution < -0.4 is 5.32 Å². The Balaban J connectivity index is 1.94. The van der Waals surface area contributed by atoms with E-state index in [2.05, 4.69) is 10.3 Å². The average molecular weight is 233 g/mol. The number of hydrogen-bond donors (Lipinski definition) is 1. The van der Waals surface area contributed by atoms with Crippen LogP contribution in [0, 0.1) is 0 Å². The van der Waals surface area contributed by atoms with Gasteiger partial charge in [0, 0.05) is 32.4 Å². The van der Waals surface area contributed by atoms with Gasteiger partial charge in [-0.3, -0.25) is 14.6 Å². The van der Waals surface area contributed by atoms with E-state index in [0.717, 1.165) is 5.56 Å². The van der Waals surface area contributed by atoms with Crippen LogP contribution >= 0.6 is 0 Å². The third-order valence-electron chi connectivity index (χ3n) is 2.84. The van der Waals surface area contributed by atoms with Crippen LogP contribution in [0.2, 0.25) is 0 Å². The highest BCUT2D eigenvalue weighted by atomic mass is 16.2. The van der Waals surface area contributed by atoms with Crippen LogP contribution in [0.15, 0.2) is 24.5 Å². The van der Waals surface area contributed by atoms with Crippen LogP contribution in [0.4, 0.5) is 0 Å². The second-order valence-electron chi connectivity index (χ2n) is 4.21. The van der Waals surface area contributed by atoms with Crippen LogP contribution in [0.25, 0.3) is 0 Å². The Morgan fingerprint density at radius 2 is 2.24 bits per heavy atom. The normalized spacial score (nSPS) is 18.9. The Morgan fingerprint density at radius 1 is 1.53 bits per heavy atom. The number of aromatic nitrogens is 1. The van der Waals surface area contributed by atoms with Gasteiger partial charge < -0.3 is 10.2 Å². The van der Waals surface area contributed by atoms with E-state index < -0.39 is 0 Å². The summed E-state index contributed by atoms with van der Waals surface area (Å²) in [5, 5.41) is 2.68. The van der Waals surface area contributed by atoms with E-state index in [4.69, 9.17) is 0 Å². The molecule has 1 aliphatic rings. The Morgan fingerprint density at radius 3 is 2.82 bits per heavy atom. The van der Waals surface area contributed by atoms with Crippen molar-refractivity contribution in [3.05, 3.63) is 30.1 Å². The van der Waals surface area contributed by atoms with Gasteiger partial charge in [0.25, 0.3) is 0 Å². The number of amides is 2. The Bertz CT molecular complexity index is 419.